The second-order valence-corrected chi connectivity index (χ2v) is 5.00. The Kier molecular flexibility index (Phi) is 3.36. The van der Waals surface area contributed by atoms with Crippen molar-refractivity contribution in [2.24, 2.45) is 11.8 Å². The summed E-state index contributed by atoms with van der Waals surface area (Å²) in [5, 5.41) is 0. The summed E-state index contributed by atoms with van der Waals surface area (Å²) in [6.07, 6.45) is 2.21. The lowest BCUT2D eigenvalue weighted by Gasteiger charge is -2.25. The summed E-state index contributed by atoms with van der Waals surface area (Å²) >= 11 is 3.60. The molecule has 1 aliphatic heterocycles. The van der Waals surface area contributed by atoms with Crippen LogP contribution in [0.4, 0.5) is 0 Å². The Labute approximate surface area is 89.6 Å². The smallest absolute Gasteiger partial charge is 0.103 e. The van der Waals surface area contributed by atoms with E-state index >= 15 is 0 Å². The van der Waals surface area contributed by atoms with Crippen molar-refractivity contribution in [1.29, 1.82) is 0 Å². The molecule has 1 nitrogen and oxygen atoms in total. The first-order chi connectivity index (χ1) is 5.95. The number of allylic oxidation sites excluding steroid dienone is 4. The van der Waals surface area contributed by atoms with E-state index in [9.17, 15) is 0 Å². The topological polar surface area (TPSA) is 4.44 Å². The summed E-state index contributed by atoms with van der Waals surface area (Å²) in [4.78, 5) is 1.22. The summed E-state index contributed by atoms with van der Waals surface area (Å²) in [6, 6.07) is 0. The van der Waals surface area contributed by atoms with Crippen LogP contribution in [0.25, 0.3) is 0 Å². The van der Waals surface area contributed by atoms with Gasteiger partial charge in [-0.1, -0.05) is 27.7 Å². The maximum atomic E-state index is 4.15. The maximum Gasteiger partial charge on any atom is 0.103 e. The molecule has 1 atom stereocenters. The molecule has 0 amide bonds. The molecule has 0 fully saturated rings. The summed E-state index contributed by atoms with van der Waals surface area (Å²) in [7, 11) is 4.15. The van der Waals surface area contributed by atoms with Crippen molar-refractivity contribution >= 4 is 15.9 Å². The van der Waals surface area contributed by atoms with Gasteiger partial charge in [0.2, 0.25) is 0 Å². The molecule has 0 aliphatic carbocycles. The quantitative estimate of drug-likeness (QED) is 0.712. The highest BCUT2D eigenvalue weighted by Gasteiger charge is 2.26. The highest BCUT2D eigenvalue weighted by Crippen LogP contribution is 2.24. The van der Waals surface area contributed by atoms with Crippen LogP contribution in [0.2, 0.25) is 0 Å². The van der Waals surface area contributed by atoms with Gasteiger partial charge in [-0.15, -0.1) is 7.05 Å². The Morgan fingerprint density at radius 3 is 2.00 bits per heavy atom. The second kappa shape index (κ2) is 3.97. The molecular formula is C11H18BrN. The zero-order valence-electron chi connectivity index (χ0n) is 8.82. The Bertz CT molecular complexity index is 261. The van der Waals surface area contributed by atoms with Crippen molar-refractivity contribution in [2.75, 3.05) is 0 Å². The minimum absolute atomic E-state index is 0.550. The summed E-state index contributed by atoms with van der Waals surface area (Å²) in [5.74, 6) is 1.12. The SMILES string of the molecule is [CH2-][NH+]1C(C(C)C)=CC(Br)=C1C(C)C. The molecule has 1 unspecified atom stereocenters. The van der Waals surface area contributed by atoms with E-state index < -0.39 is 0 Å². The average Bonchev–Trinajstić information content (AvgIpc) is 2.26. The van der Waals surface area contributed by atoms with Gasteiger partial charge in [-0.2, -0.15) is 0 Å². The summed E-state index contributed by atoms with van der Waals surface area (Å²) in [5.41, 5.74) is 2.74. The van der Waals surface area contributed by atoms with E-state index in [0.717, 1.165) is 0 Å². The molecule has 0 spiro atoms. The summed E-state index contributed by atoms with van der Waals surface area (Å²) < 4.78 is 1.22. The second-order valence-electron chi connectivity index (χ2n) is 4.15. The first-order valence-corrected chi connectivity index (χ1v) is 5.55. The molecule has 13 heavy (non-hydrogen) atoms. The van der Waals surface area contributed by atoms with Crippen molar-refractivity contribution in [3.05, 3.63) is 29.0 Å². The minimum Gasteiger partial charge on any atom is -0.408 e. The lowest BCUT2D eigenvalue weighted by atomic mass is 10.1. The highest BCUT2D eigenvalue weighted by atomic mass is 79.9. The molecular weight excluding hydrogens is 226 g/mol. The molecule has 0 aromatic rings. The third kappa shape index (κ3) is 2.05. The van der Waals surface area contributed by atoms with E-state index in [1.54, 1.807) is 0 Å². The Morgan fingerprint density at radius 2 is 1.77 bits per heavy atom. The van der Waals surface area contributed by atoms with Gasteiger partial charge >= 0.3 is 0 Å². The largest absolute Gasteiger partial charge is 0.408 e. The molecule has 1 rings (SSSR count). The van der Waals surface area contributed by atoms with Crippen LogP contribution in [0.3, 0.4) is 0 Å². The number of halogens is 1. The van der Waals surface area contributed by atoms with Crippen LogP contribution < -0.4 is 4.90 Å². The van der Waals surface area contributed by atoms with Crippen LogP contribution in [0.15, 0.2) is 22.0 Å². The van der Waals surface area contributed by atoms with Crippen LogP contribution in [-0.2, 0) is 0 Å². The molecule has 0 saturated carbocycles. The molecule has 74 valence electrons. The van der Waals surface area contributed by atoms with Crippen molar-refractivity contribution in [3.63, 3.8) is 0 Å². The Balaban J connectivity index is 2.92. The number of nitrogens with one attached hydrogen (secondary N) is 1. The van der Waals surface area contributed by atoms with Crippen LogP contribution in [-0.4, -0.2) is 0 Å². The van der Waals surface area contributed by atoms with Crippen molar-refractivity contribution in [2.45, 2.75) is 27.7 Å². The van der Waals surface area contributed by atoms with Crippen LogP contribution >= 0.6 is 15.9 Å². The van der Waals surface area contributed by atoms with Crippen LogP contribution in [0, 0.1) is 18.9 Å². The van der Waals surface area contributed by atoms with Gasteiger partial charge in [0.25, 0.3) is 0 Å². The van der Waals surface area contributed by atoms with Gasteiger partial charge in [0, 0.05) is 17.9 Å². The fourth-order valence-corrected chi connectivity index (χ4v) is 2.68. The van der Waals surface area contributed by atoms with Gasteiger partial charge in [-0.05, 0) is 15.9 Å². The predicted octanol–water partition coefficient (Wildman–Crippen LogP) is 2.48. The maximum absolute atomic E-state index is 4.15. The molecule has 1 heterocycles. The molecule has 1 aliphatic rings. The lowest BCUT2D eigenvalue weighted by molar-refractivity contribution is -0.774. The molecule has 0 aromatic heterocycles. The molecule has 0 bridgehead atoms. The summed E-state index contributed by atoms with van der Waals surface area (Å²) in [6.45, 7) is 8.83. The van der Waals surface area contributed by atoms with E-state index in [4.69, 9.17) is 0 Å². The number of quaternary nitrogens is 1. The Morgan fingerprint density at radius 1 is 1.23 bits per heavy atom. The molecule has 2 heteroatoms. The van der Waals surface area contributed by atoms with Crippen molar-refractivity contribution < 1.29 is 4.90 Å². The van der Waals surface area contributed by atoms with E-state index in [2.05, 4.69) is 56.7 Å². The van der Waals surface area contributed by atoms with Gasteiger partial charge < -0.3 is 4.90 Å². The Hall–Kier alpha value is -0.0800. The third-order valence-corrected chi connectivity index (χ3v) is 3.07. The van der Waals surface area contributed by atoms with Crippen LogP contribution in [0.5, 0.6) is 0 Å². The lowest BCUT2D eigenvalue weighted by Crippen LogP contribution is -3.03. The first kappa shape index (κ1) is 11.0. The number of hydrogen-bond acceptors (Lipinski definition) is 0. The van der Waals surface area contributed by atoms with E-state index in [1.165, 1.54) is 20.8 Å². The fraction of sp³-hybridized carbons (Fsp3) is 0.545. The van der Waals surface area contributed by atoms with Gasteiger partial charge in [-0.3, -0.25) is 0 Å². The van der Waals surface area contributed by atoms with Gasteiger partial charge in [0.1, 0.15) is 5.70 Å². The highest BCUT2D eigenvalue weighted by molar-refractivity contribution is 9.11. The fourth-order valence-electron chi connectivity index (χ4n) is 1.74. The average molecular weight is 244 g/mol. The van der Waals surface area contributed by atoms with E-state index in [1.807, 2.05) is 0 Å². The van der Waals surface area contributed by atoms with E-state index in [-0.39, 0.29) is 0 Å². The minimum atomic E-state index is 0.550. The number of rotatable bonds is 2. The van der Waals surface area contributed by atoms with Gasteiger partial charge in [0.05, 0.1) is 10.2 Å². The van der Waals surface area contributed by atoms with Crippen molar-refractivity contribution in [3.8, 4) is 0 Å². The van der Waals surface area contributed by atoms with Gasteiger partial charge in [0.15, 0.2) is 0 Å². The zero-order valence-corrected chi connectivity index (χ0v) is 10.4. The standard InChI is InChI=1S/C11H18BrN/c1-7(2)10-6-9(12)11(8(3)4)13(10)5/h6-8,13H,5H2,1-4H3. The van der Waals surface area contributed by atoms with Crippen molar-refractivity contribution in [1.82, 2.24) is 0 Å². The van der Waals surface area contributed by atoms with E-state index in [0.29, 0.717) is 11.8 Å². The first-order valence-electron chi connectivity index (χ1n) is 4.76. The third-order valence-electron chi connectivity index (χ3n) is 2.41. The zero-order chi connectivity index (χ0) is 10.2. The normalized spacial score (nSPS) is 23.4. The van der Waals surface area contributed by atoms with Crippen LogP contribution in [0.1, 0.15) is 27.7 Å². The molecule has 0 saturated heterocycles. The number of hydrogen-bond donors (Lipinski definition) is 1. The molecule has 0 aromatic carbocycles. The molecule has 1 N–H and O–H groups in total. The van der Waals surface area contributed by atoms with Gasteiger partial charge in [-0.25, -0.2) is 0 Å². The predicted molar refractivity (Wildman–Crippen MR) is 60.0 cm³/mol. The monoisotopic (exact) mass is 243 g/mol. The molecule has 0 radical (unpaired) electrons.